The van der Waals surface area contributed by atoms with Crippen LogP contribution in [-0.4, -0.2) is 26.3 Å². The number of amides is 1. The number of anilines is 1. The number of thioether (sulfide) groups is 1. The maximum Gasteiger partial charge on any atom is 0.270 e. The van der Waals surface area contributed by atoms with Gasteiger partial charge in [0.2, 0.25) is 5.91 Å². The molecular weight excluding hydrogens is 335 g/mol. The zero-order valence-electron chi connectivity index (χ0n) is 10.8. The fourth-order valence-electron chi connectivity index (χ4n) is 1.44. The van der Waals surface area contributed by atoms with E-state index in [1.54, 1.807) is 25.1 Å². The fraction of sp³-hybridized carbons (Fsp3) is 0.167. The molecule has 0 radical (unpaired) electrons. The topological polar surface area (TPSA) is 87.7 Å². The third-order valence-corrected chi connectivity index (χ3v) is 3.75. The molecule has 0 aliphatic carbocycles. The minimum Gasteiger partial charge on any atom is -0.325 e. The number of benzene rings is 1. The maximum atomic E-state index is 12.1. The smallest absolute Gasteiger partial charge is 0.270 e. The van der Waals surface area contributed by atoms with Crippen molar-refractivity contribution >= 4 is 46.6 Å². The molecule has 6 nitrogen and oxygen atoms in total. The van der Waals surface area contributed by atoms with Gasteiger partial charge in [0.1, 0.15) is 6.20 Å². The number of hydrogen-bond acceptors (Lipinski definition) is 5. The van der Waals surface area contributed by atoms with E-state index >= 15 is 0 Å². The van der Waals surface area contributed by atoms with Crippen molar-refractivity contribution in [2.75, 3.05) is 5.32 Å². The van der Waals surface area contributed by atoms with Crippen LogP contribution in [-0.2, 0) is 4.79 Å². The summed E-state index contributed by atoms with van der Waals surface area (Å²) < 4.78 is 0. The first-order valence-corrected chi connectivity index (χ1v) is 7.43. The summed E-state index contributed by atoms with van der Waals surface area (Å²) in [5, 5.41) is 10.6. The SMILES string of the molecule is CC(Sc1nncc(=O)[nH]1)C(=O)Nc1cc(Cl)cc(Cl)c1. The Morgan fingerprint density at radius 3 is 2.62 bits per heavy atom. The summed E-state index contributed by atoms with van der Waals surface area (Å²) in [6.45, 7) is 1.68. The Labute approximate surface area is 134 Å². The van der Waals surface area contributed by atoms with Crippen LogP contribution in [0.3, 0.4) is 0 Å². The van der Waals surface area contributed by atoms with Crippen molar-refractivity contribution in [3.8, 4) is 0 Å². The van der Waals surface area contributed by atoms with Crippen LogP contribution in [0.2, 0.25) is 10.0 Å². The van der Waals surface area contributed by atoms with Crippen molar-refractivity contribution in [2.24, 2.45) is 0 Å². The summed E-state index contributed by atoms with van der Waals surface area (Å²) in [4.78, 5) is 25.7. The first-order chi connectivity index (χ1) is 9.94. The second-order valence-corrected chi connectivity index (χ2v) is 6.25. The number of H-pyrrole nitrogens is 1. The Morgan fingerprint density at radius 2 is 2.00 bits per heavy atom. The molecule has 1 aromatic carbocycles. The Morgan fingerprint density at radius 1 is 1.33 bits per heavy atom. The highest BCUT2D eigenvalue weighted by Crippen LogP contribution is 2.24. The normalized spacial score (nSPS) is 12.0. The first kappa shape index (κ1) is 15.8. The van der Waals surface area contributed by atoms with E-state index in [-0.39, 0.29) is 16.6 Å². The van der Waals surface area contributed by atoms with Gasteiger partial charge in [-0.3, -0.25) is 14.6 Å². The number of carbonyl (C=O) groups excluding carboxylic acids is 1. The van der Waals surface area contributed by atoms with E-state index in [0.29, 0.717) is 15.7 Å². The van der Waals surface area contributed by atoms with Gasteiger partial charge in [0.25, 0.3) is 5.56 Å². The van der Waals surface area contributed by atoms with Crippen LogP contribution in [0.5, 0.6) is 0 Å². The highest BCUT2D eigenvalue weighted by atomic mass is 35.5. The Hall–Kier alpha value is -1.57. The third kappa shape index (κ3) is 4.73. The number of halogens is 2. The molecule has 2 aromatic rings. The Bertz CT molecular complexity index is 702. The van der Waals surface area contributed by atoms with E-state index in [4.69, 9.17) is 23.2 Å². The standard InChI is InChI=1S/C12H10Cl2N4O2S/c1-6(21-12-17-10(19)5-15-18-12)11(20)16-9-3-7(13)2-8(14)4-9/h2-6H,1H3,(H,16,20)(H,17,18,19). The van der Waals surface area contributed by atoms with Crippen LogP contribution in [0.25, 0.3) is 0 Å². The molecule has 1 aromatic heterocycles. The van der Waals surface area contributed by atoms with Crippen LogP contribution in [0.1, 0.15) is 6.92 Å². The third-order valence-electron chi connectivity index (χ3n) is 2.34. The van der Waals surface area contributed by atoms with E-state index in [1.165, 1.54) is 0 Å². The van der Waals surface area contributed by atoms with Crippen molar-refractivity contribution in [3.05, 3.63) is 44.8 Å². The molecule has 0 saturated heterocycles. The van der Waals surface area contributed by atoms with Crippen molar-refractivity contribution in [1.82, 2.24) is 15.2 Å². The fourth-order valence-corrected chi connectivity index (χ4v) is 2.72. The summed E-state index contributed by atoms with van der Waals surface area (Å²) in [5.74, 6) is -0.273. The number of nitrogens with one attached hydrogen (secondary N) is 2. The molecule has 0 bridgehead atoms. The lowest BCUT2D eigenvalue weighted by atomic mass is 10.3. The molecule has 1 heterocycles. The summed E-state index contributed by atoms with van der Waals surface area (Å²) in [6.07, 6.45) is 1.06. The number of nitrogens with zero attached hydrogens (tertiary/aromatic N) is 2. The van der Waals surface area contributed by atoms with Gasteiger partial charge in [-0.25, -0.2) is 0 Å². The Balaban J connectivity index is 2.04. The average Bonchev–Trinajstić information content (AvgIpc) is 2.37. The lowest BCUT2D eigenvalue weighted by molar-refractivity contribution is -0.115. The van der Waals surface area contributed by atoms with Crippen LogP contribution >= 0.6 is 35.0 Å². The monoisotopic (exact) mass is 344 g/mol. The van der Waals surface area contributed by atoms with Crippen LogP contribution in [0.15, 0.2) is 34.3 Å². The van der Waals surface area contributed by atoms with Crippen LogP contribution in [0, 0.1) is 0 Å². The molecule has 0 saturated carbocycles. The van der Waals surface area contributed by atoms with E-state index in [1.807, 2.05) is 0 Å². The van der Waals surface area contributed by atoms with Gasteiger partial charge in [-0.15, -0.1) is 5.10 Å². The second kappa shape index (κ2) is 6.93. The van der Waals surface area contributed by atoms with Crippen LogP contribution < -0.4 is 10.9 Å². The van der Waals surface area contributed by atoms with E-state index < -0.39 is 5.25 Å². The van der Waals surface area contributed by atoms with Gasteiger partial charge in [-0.2, -0.15) is 5.10 Å². The highest BCUT2D eigenvalue weighted by molar-refractivity contribution is 8.00. The van der Waals surface area contributed by atoms with Gasteiger partial charge in [-0.1, -0.05) is 35.0 Å². The lowest BCUT2D eigenvalue weighted by Gasteiger charge is -2.11. The largest absolute Gasteiger partial charge is 0.325 e. The molecule has 1 atom stereocenters. The highest BCUT2D eigenvalue weighted by Gasteiger charge is 2.16. The van der Waals surface area contributed by atoms with E-state index in [0.717, 1.165) is 18.0 Å². The van der Waals surface area contributed by atoms with Gasteiger partial charge < -0.3 is 5.32 Å². The quantitative estimate of drug-likeness (QED) is 0.832. The summed E-state index contributed by atoms with van der Waals surface area (Å²) in [6, 6.07) is 4.75. The molecule has 2 rings (SSSR count). The van der Waals surface area contributed by atoms with Gasteiger partial charge >= 0.3 is 0 Å². The summed E-state index contributed by atoms with van der Waals surface area (Å²) >= 11 is 12.8. The number of hydrogen-bond donors (Lipinski definition) is 2. The van der Waals surface area contributed by atoms with E-state index in [2.05, 4.69) is 20.5 Å². The second-order valence-electron chi connectivity index (χ2n) is 4.05. The zero-order valence-corrected chi connectivity index (χ0v) is 13.1. The van der Waals surface area contributed by atoms with Crippen molar-refractivity contribution < 1.29 is 4.79 Å². The van der Waals surface area contributed by atoms with E-state index in [9.17, 15) is 9.59 Å². The van der Waals surface area contributed by atoms with Gasteiger partial charge in [0.15, 0.2) is 5.16 Å². The minimum atomic E-state index is -0.491. The number of rotatable bonds is 4. The minimum absolute atomic E-state index is 0.272. The molecular formula is C12H10Cl2N4O2S. The number of aromatic nitrogens is 3. The lowest BCUT2D eigenvalue weighted by Crippen LogP contribution is -2.23. The van der Waals surface area contributed by atoms with Crippen molar-refractivity contribution in [1.29, 1.82) is 0 Å². The molecule has 110 valence electrons. The zero-order chi connectivity index (χ0) is 15.4. The molecule has 0 fully saturated rings. The molecule has 9 heteroatoms. The van der Waals surface area contributed by atoms with Gasteiger partial charge in [0, 0.05) is 15.7 Å². The molecule has 2 N–H and O–H groups in total. The van der Waals surface area contributed by atoms with Crippen molar-refractivity contribution in [3.63, 3.8) is 0 Å². The Kier molecular flexibility index (Phi) is 5.22. The summed E-state index contributed by atoms with van der Waals surface area (Å²) in [7, 11) is 0. The van der Waals surface area contributed by atoms with Gasteiger partial charge in [-0.05, 0) is 25.1 Å². The van der Waals surface area contributed by atoms with Crippen LogP contribution in [0.4, 0.5) is 5.69 Å². The molecule has 0 aliphatic heterocycles. The number of carbonyl (C=O) groups is 1. The predicted octanol–water partition coefficient (Wildman–Crippen LogP) is 2.59. The van der Waals surface area contributed by atoms with Crippen molar-refractivity contribution in [2.45, 2.75) is 17.3 Å². The summed E-state index contributed by atoms with van der Waals surface area (Å²) in [5.41, 5.74) is 0.124. The average molecular weight is 345 g/mol. The predicted molar refractivity (Wildman–Crippen MR) is 83.1 cm³/mol. The first-order valence-electron chi connectivity index (χ1n) is 5.79. The molecule has 0 spiro atoms. The molecule has 0 aliphatic rings. The molecule has 1 unspecified atom stereocenters. The molecule has 21 heavy (non-hydrogen) atoms. The van der Waals surface area contributed by atoms with Gasteiger partial charge in [0.05, 0.1) is 5.25 Å². The number of aromatic amines is 1. The maximum absolute atomic E-state index is 12.1. The molecule has 1 amide bonds.